The molecule has 1 aliphatic heterocycles. The Bertz CT molecular complexity index is 188. The Kier molecular flexibility index (Phi) is 4.31. The van der Waals surface area contributed by atoms with Gasteiger partial charge >= 0.3 is 0 Å². The van der Waals surface area contributed by atoms with Crippen LogP contribution in [0.25, 0.3) is 0 Å². The fourth-order valence-electron chi connectivity index (χ4n) is 1.29. The van der Waals surface area contributed by atoms with Gasteiger partial charge < -0.3 is 9.80 Å². The Labute approximate surface area is 105 Å². The summed E-state index contributed by atoms with van der Waals surface area (Å²) >= 11 is 0. The summed E-state index contributed by atoms with van der Waals surface area (Å²) in [5, 5.41) is 0. The Hall–Kier alpha value is 0.0700. The predicted molar refractivity (Wildman–Crippen MR) is 72.6 cm³/mol. The molecule has 0 aromatic carbocycles. The van der Waals surface area contributed by atoms with E-state index in [0.717, 1.165) is 6.67 Å². The summed E-state index contributed by atoms with van der Waals surface area (Å²) in [5.74, 6) is 0. The lowest BCUT2D eigenvalue weighted by molar-refractivity contribution is 0.110. The molecule has 0 unspecified atom stereocenters. The topological polar surface area (TPSA) is 6.48 Å². The molecule has 0 atom stereocenters. The zero-order valence-electron chi connectivity index (χ0n) is 10.2. The molecule has 14 heavy (non-hydrogen) atoms. The van der Waals surface area contributed by atoms with Crippen LogP contribution in [-0.2, 0) is 0 Å². The first-order valence-electron chi connectivity index (χ1n) is 4.93. The van der Waals surface area contributed by atoms with Gasteiger partial charge in [0.1, 0.15) is 0 Å². The van der Waals surface area contributed by atoms with Crippen LogP contribution in [0.4, 0.5) is 0 Å². The van der Waals surface area contributed by atoms with Crippen LogP contribution < -0.4 is 0 Å². The van der Waals surface area contributed by atoms with E-state index in [4.69, 9.17) is 0 Å². The molecule has 0 aromatic rings. The number of hydrogen-bond acceptors (Lipinski definition) is 2. The maximum absolute atomic E-state index is 2.36. The van der Waals surface area contributed by atoms with Crippen LogP contribution in [0, 0.1) is 0 Å². The third-order valence-electron chi connectivity index (χ3n) is 2.45. The van der Waals surface area contributed by atoms with Crippen LogP contribution in [0.3, 0.4) is 0 Å². The molecule has 0 N–H and O–H groups in total. The van der Waals surface area contributed by atoms with E-state index in [-0.39, 0.29) is 35.1 Å². The molecule has 0 radical (unpaired) electrons. The normalized spacial score (nSPS) is 17.3. The number of rotatable bonds is 0. The van der Waals surface area contributed by atoms with E-state index in [1.165, 1.54) is 0 Å². The molecule has 0 saturated heterocycles. The van der Waals surface area contributed by atoms with Gasteiger partial charge in [0, 0.05) is 23.5 Å². The Morgan fingerprint density at radius 1 is 0.786 bits per heavy atom. The standard InChI is InChI=1S/C11H22N2.HI/c1-10(2,3)12-7-8-13(9-12)11(4,5)6;/h7-8H,9H2,1-6H3;1H. The van der Waals surface area contributed by atoms with Crippen molar-refractivity contribution in [1.82, 2.24) is 9.80 Å². The summed E-state index contributed by atoms with van der Waals surface area (Å²) in [7, 11) is 0. The molecule has 1 rings (SSSR count). The molecule has 0 saturated carbocycles. The van der Waals surface area contributed by atoms with E-state index in [0.29, 0.717) is 0 Å². The SMILES string of the molecule is CC(C)(C)N1C=CN(C(C)(C)C)C1.I. The quantitative estimate of drug-likeness (QED) is 0.634. The van der Waals surface area contributed by atoms with E-state index in [1.54, 1.807) is 0 Å². The Balaban J connectivity index is 0.00000169. The highest BCUT2D eigenvalue weighted by Crippen LogP contribution is 2.24. The summed E-state index contributed by atoms with van der Waals surface area (Å²) < 4.78 is 0. The highest BCUT2D eigenvalue weighted by Gasteiger charge is 2.28. The van der Waals surface area contributed by atoms with Crippen LogP contribution in [0.5, 0.6) is 0 Å². The second kappa shape index (κ2) is 4.29. The van der Waals surface area contributed by atoms with Gasteiger partial charge in [-0.15, -0.1) is 24.0 Å². The summed E-state index contributed by atoms with van der Waals surface area (Å²) in [5.41, 5.74) is 0.465. The Morgan fingerprint density at radius 2 is 1.07 bits per heavy atom. The first kappa shape index (κ1) is 14.1. The van der Waals surface area contributed by atoms with Gasteiger partial charge in [-0.25, -0.2) is 0 Å². The molecule has 0 fully saturated rings. The molecule has 0 spiro atoms. The van der Waals surface area contributed by atoms with Crippen molar-refractivity contribution in [1.29, 1.82) is 0 Å². The molecule has 1 aliphatic rings. The van der Waals surface area contributed by atoms with Crippen molar-refractivity contribution in [3.63, 3.8) is 0 Å². The van der Waals surface area contributed by atoms with Crippen LogP contribution in [0.15, 0.2) is 12.4 Å². The number of hydrogen-bond donors (Lipinski definition) is 0. The molecule has 0 amide bonds. The summed E-state index contributed by atoms with van der Waals surface area (Å²) in [6.45, 7) is 14.4. The van der Waals surface area contributed by atoms with Crippen LogP contribution in [-0.4, -0.2) is 27.5 Å². The third kappa shape index (κ3) is 3.33. The first-order valence-corrected chi connectivity index (χ1v) is 4.93. The largest absolute Gasteiger partial charge is 0.354 e. The minimum atomic E-state index is 0. The fraction of sp³-hybridized carbons (Fsp3) is 0.818. The minimum absolute atomic E-state index is 0. The van der Waals surface area contributed by atoms with Crippen molar-refractivity contribution in [3.05, 3.63) is 12.4 Å². The smallest absolute Gasteiger partial charge is 0.0903 e. The summed E-state index contributed by atoms with van der Waals surface area (Å²) in [6.07, 6.45) is 4.37. The van der Waals surface area contributed by atoms with Crippen molar-refractivity contribution >= 4 is 24.0 Å². The monoisotopic (exact) mass is 310 g/mol. The molecule has 0 aliphatic carbocycles. The molecule has 0 aromatic heterocycles. The first-order chi connectivity index (χ1) is 5.71. The molecule has 1 heterocycles. The second-order valence-electron chi connectivity index (χ2n) is 5.72. The molecule has 3 heteroatoms. The van der Waals surface area contributed by atoms with Gasteiger partial charge in [0.2, 0.25) is 0 Å². The summed E-state index contributed by atoms with van der Waals surface area (Å²) in [6, 6.07) is 0. The van der Waals surface area contributed by atoms with Crippen molar-refractivity contribution in [2.24, 2.45) is 0 Å². The van der Waals surface area contributed by atoms with E-state index >= 15 is 0 Å². The van der Waals surface area contributed by atoms with Crippen molar-refractivity contribution in [2.75, 3.05) is 6.67 Å². The van der Waals surface area contributed by atoms with Gasteiger partial charge in [-0.3, -0.25) is 0 Å². The molecule has 0 bridgehead atoms. The average molecular weight is 310 g/mol. The molecular weight excluding hydrogens is 287 g/mol. The van der Waals surface area contributed by atoms with Crippen LogP contribution in [0.1, 0.15) is 41.5 Å². The lowest BCUT2D eigenvalue weighted by Gasteiger charge is -2.38. The van der Waals surface area contributed by atoms with E-state index in [1.807, 2.05) is 0 Å². The number of halogens is 1. The minimum Gasteiger partial charge on any atom is -0.354 e. The van der Waals surface area contributed by atoms with E-state index in [2.05, 4.69) is 63.7 Å². The highest BCUT2D eigenvalue weighted by molar-refractivity contribution is 14.0. The van der Waals surface area contributed by atoms with Gasteiger partial charge in [-0.2, -0.15) is 0 Å². The van der Waals surface area contributed by atoms with Crippen LogP contribution >= 0.6 is 24.0 Å². The lowest BCUT2D eigenvalue weighted by atomic mass is 10.1. The zero-order chi connectivity index (χ0) is 10.3. The van der Waals surface area contributed by atoms with E-state index < -0.39 is 0 Å². The second-order valence-corrected chi connectivity index (χ2v) is 5.72. The maximum atomic E-state index is 2.36. The van der Waals surface area contributed by atoms with Gasteiger partial charge in [0.15, 0.2) is 0 Å². The average Bonchev–Trinajstić information content (AvgIpc) is 2.28. The predicted octanol–water partition coefficient (Wildman–Crippen LogP) is 3.25. The van der Waals surface area contributed by atoms with Crippen molar-refractivity contribution < 1.29 is 0 Å². The maximum Gasteiger partial charge on any atom is 0.0903 e. The fourth-order valence-corrected chi connectivity index (χ4v) is 1.29. The molecule has 84 valence electrons. The van der Waals surface area contributed by atoms with Crippen molar-refractivity contribution in [3.8, 4) is 0 Å². The number of nitrogens with zero attached hydrogens (tertiary/aromatic N) is 2. The zero-order valence-corrected chi connectivity index (χ0v) is 12.5. The third-order valence-corrected chi connectivity index (χ3v) is 2.45. The molecule has 2 nitrogen and oxygen atoms in total. The van der Waals surface area contributed by atoms with Crippen molar-refractivity contribution in [2.45, 2.75) is 52.6 Å². The molecular formula is C11H23IN2. The highest BCUT2D eigenvalue weighted by atomic mass is 127. The van der Waals surface area contributed by atoms with Gasteiger partial charge in [0.05, 0.1) is 6.67 Å². The van der Waals surface area contributed by atoms with Gasteiger partial charge in [-0.1, -0.05) is 0 Å². The van der Waals surface area contributed by atoms with E-state index in [9.17, 15) is 0 Å². The van der Waals surface area contributed by atoms with Gasteiger partial charge in [-0.05, 0) is 41.5 Å². The van der Waals surface area contributed by atoms with Crippen LogP contribution in [0.2, 0.25) is 0 Å². The van der Waals surface area contributed by atoms with Gasteiger partial charge in [0.25, 0.3) is 0 Å². The Morgan fingerprint density at radius 3 is 1.21 bits per heavy atom. The lowest BCUT2D eigenvalue weighted by Crippen LogP contribution is -2.44. The summed E-state index contributed by atoms with van der Waals surface area (Å²) in [4.78, 5) is 4.72.